The van der Waals surface area contributed by atoms with Gasteiger partial charge in [-0.1, -0.05) is 43.7 Å². The minimum Gasteiger partial charge on any atom is -0.454 e. The Labute approximate surface area is 148 Å². The summed E-state index contributed by atoms with van der Waals surface area (Å²) in [5, 5.41) is 7.14. The second kappa shape index (κ2) is 8.02. The standard InChI is InChI=1S/C19H22N2O2S/c1-2-14(10-15-6-4-3-5-7-15)12-20-19(24)21-16-8-9-17-18(11-16)23-13-22-17/h3-9,11,14H,2,10,12-13H2,1H3,(H2,20,21,24)/t14-/m1/s1. The number of anilines is 1. The maximum absolute atomic E-state index is 5.40. The third kappa shape index (κ3) is 4.38. The van der Waals surface area contributed by atoms with Crippen LogP contribution in [0.3, 0.4) is 0 Å². The molecule has 0 saturated carbocycles. The van der Waals surface area contributed by atoms with Gasteiger partial charge >= 0.3 is 0 Å². The highest BCUT2D eigenvalue weighted by molar-refractivity contribution is 7.80. The first kappa shape index (κ1) is 16.6. The summed E-state index contributed by atoms with van der Waals surface area (Å²) in [4.78, 5) is 0. The van der Waals surface area contributed by atoms with E-state index in [-0.39, 0.29) is 6.79 Å². The molecular formula is C19H22N2O2S. The van der Waals surface area contributed by atoms with Gasteiger partial charge in [0.25, 0.3) is 0 Å². The summed E-state index contributed by atoms with van der Waals surface area (Å²) >= 11 is 5.40. The number of hydrogen-bond donors (Lipinski definition) is 2. The molecule has 1 atom stereocenters. The second-order valence-corrected chi connectivity index (χ2v) is 6.28. The molecule has 1 aliphatic rings. The van der Waals surface area contributed by atoms with Crippen LogP contribution in [0.1, 0.15) is 18.9 Å². The zero-order valence-electron chi connectivity index (χ0n) is 13.7. The van der Waals surface area contributed by atoms with E-state index in [0.29, 0.717) is 11.0 Å². The van der Waals surface area contributed by atoms with Gasteiger partial charge in [-0.2, -0.15) is 0 Å². The fourth-order valence-electron chi connectivity index (χ4n) is 2.69. The smallest absolute Gasteiger partial charge is 0.231 e. The number of nitrogens with one attached hydrogen (secondary N) is 2. The molecule has 2 aromatic carbocycles. The van der Waals surface area contributed by atoms with Gasteiger partial charge < -0.3 is 20.1 Å². The van der Waals surface area contributed by atoms with Crippen LogP contribution in [0.15, 0.2) is 48.5 Å². The van der Waals surface area contributed by atoms with E-state index in [0.717, 1.165) is 36.6 Å². The van der Waals surface area contributed by atoms with Crippen molar-refractivity contribution in [1.29, 1.82) is 0 Å². The topological polar surface area (TPSA) is 42.5 Å². The van der Waals surface area contributed by atoms with E-state index in [9.17, 15) is 0 Å². The maximum Gasteiger partial charge on any atom is 0.231 e. The monoisotopic (exact) mass is 342 g/mol. The molecule has 0 spiro atoms. The maximum atomic E-state index is 5.40. The van der Waals surface area contributed by atoms with Crippen LogP contribution in [0.25, 0.3) is 0 Å². The predicted octanol–water partition coefficient (Wildman–Crippen LogP) is 3.97. The molecule has 0 aliphatic carbocycles. The predicted molar refractivity (Wildman–Crippen MR) is 101 cm³/mol. The summed E-state index contributed by atoms with van der Waals surface area (Å²) in [7, 11) is 0. The van der Waals surface area contributed by atoms with Crippen LogP contribution in [0.5, 0.6) is 11.5 Å². The molecule has 2 aromatic rings. The molecule has 1 heterocycles. The van der Waals surface area contributed by atoms with Crippen molar-refractivity contribution in [2.45, 2.75) is 19.8 Å². The van der Waals surface area contributed by atoms with Crippen molar-refractivity contribution < 1.29 is 9.47 Å². The average Bonchev–Trinajstić information content (AvgIpc) is 3.07. The van der Waals surface area contributed by atoms with Crippen LogP contribution < -0.4 is 20.1 Å². The number of benzene rings is 2. The van der Waals surface area contributed by atoms with Crippen molar-refractivity contribution in [3.05, 3.63) is 54.1 Å². The Kier molecular flexibility index (Phi) is 5.54. The van der Waals surface area contributed by atoms with Gasteiger partial charge in [-0.15, -0.1) is 0 Å². The fourth-order valence-corrected chi connectivity index (χ4v) is 2.90. The number of rotatable bonds is 6. The van der Waals surface area contributed by atoms with Crippen LogP contribution in [0, 0.1) is 5.92 Å². The van der Waals surface area contributed by atoms with Crippen molar-refractivity contribution in [2.24, 2.45) is 5.92 Å². The Hall–Kier alpha value is -2.27. The first-order valence-corrected chi connectivity index (χ1v) is 8.64. The first-order chi connectivity index (χ1) is 11.7. The highest BCUT2D eigenvalue weighted by Crippen LogP contribution is 2.34. The molecule has 0 bridgehead atoms. The highest BCUT2D eigenvalue weighted by atomic mass is 32.1. The van der Waals surface area contributed by atoms with E-state index in [2.05, 4.69) is 41.8 Å². The Balaban J connectivity index is 1.49. The normalized spacial score (nSPS) is 13.4. The van der Waals surface area contributed by atoms with Crippen molar-refractivity contribution in [1.82, 2.24) is 5.32 Å². The number of hydrogen-bond acceptors (Lipinski definition) is 3. The zero-order valence-corrected chi connectivity index (χ0v) is 14.6. The summed E-state index contributed by atoms with van der Waals surface area (Å²) in [5.74, 6) is 2.07. The van der Waals surface area contributed by atoms with E-state index in [4.69, 9.17) is 21.7 Å². The van der Waals surface area contributed by atoms with Crippen LogP contribution in [-0.4, -0.2) is 18.5 Å². The lowest BCUT2D eigenvalue weighted by Gasteiger charge is -2.18. The van der Waals surface area contributed by atoms with Crippen molar-refractivity contribution >= 4 is 23.0 Å². The first-order valence-electron chi connectivity index (χ1n) is 8.23. The largest absolute Gasteiger partial charge is 0.454 e. The van der Waals surface area contributed by atoms with Gasteiger partial charge in [-0.3, -0.25) is 0 Å². The van der Waals surface area contributed by atoms with E-state index in [1.807, 2.05) is 24.3 Å². The molecule has 24 heavy (non-hydrogen) atoms. The quantitative estimate of drug-likeness (QED) is 0.778. The molecule has 126 valence electrons. The molecule has 4 nitrogen and oxygen atoms in total. The van der Waals surface area contributed by atoms with Crippen LogP contribution >= 0.6 is 12.2 Å². The molecule has 0 aromatic heterocycles. The summed E-state index contributed by atoms with van der Waals surface area (Å²) in [5.41, 5.74) is 2.26. The van der Waals surface area contributed by atoms with Gasteiger partial charge in [0.05, 0.1) is 0 Å². The van der Waals surface area contributed by atoms with Gasteiger partial charge in [-0.05, 0) is 42.3 Å². The lowest BCUT2D eigenvalue weighted by molar-refractivity contribution is 0.174. The van der Waals surface area contributed by atoms with Crippen molar-refractivity contribution in [2.75, 3.05) is 18.7 Å². The van der Waals surface area contributed by atoms with E-state index in [1.165, 1.54) is 5.56 Å². The van der Waals surface area contributed by atoms with Gasteiger partial charge in [0, 0.05) is 18.3 Å². The molecule has 3 rings (SSSR count). The average molecular weight is 342 g/mol. The molecule has 0 saturated heterocycles. The summed E-state index contributed by atoms with van der Waals surface area (Å²) < 4.78 is 10.7. The summed E-state index contributed by atoms with van der Waals surface area (Å²) in [6, 6.07) is 16.3. The van der Waals surface area contributed by atoms with Crippen LogP contribution in [0.2, 0.25) is 0 Å². The molecule has 0 amide bonds. The third-order valence-electron chi connectivity index (χ3n) is 4.13. The Bertz CT molecular complexity index is 691. The fraction of sp³-hybridized carbons (Fsp3) is 0.316. The van der Waals surface area contributed by atoms with Crippen molar-refractivity contribution in [3.63, 3.8) is 0 Å². The SMILES string of the molecule is CC[C@@H](CNC(=S)Nc1ccc2c(c1)OCO2)Cc1ccccc1. The molecule has 2 N–H and O–H groups in total. The molecule has 1 aliphatic heterocycles. The summed E-state index contributed by atoms with van der Waals surface area (Å²) in [6.45, 7) is 3.34. The second-order valence-electron chi connectivity index (χ2n) is 5.87. The van der Waals surface area contributed by atoms with Gasteiger partial charge in [0.1, 0.15) is 0 Å². The lowest BCUT2D eigenvalue weighted by Crippen LogP contribution is -2.33. The van der Waals surface area contributed by atoms with Gasteiger partial charge in [-0.25, -0.2) is 0 Å². The zero-order chi connectivity index (χ0) is 16.8. The number of ether oxygens (including phenoxy) is 2. The molecule has 0 unspecified atom stereocenters. The molecular weight excluding hydrogens is 320 g/mol. The minimum absolute atomic E-state index is 0.277. The Morgan fingerprint density at radius 3 is 2.71 bits per heavy atom. The molecule has 0 fully saturated rings. The number of fused-ring (bicyclic) bond motifs is 1. The molecule has 5 heteroatoms. The van der Waals surface area contributed by atoms with Crippen LogP contribution in [0.4, 0.5) is 5.69 Å². The minimum atomic E-state index is 0.277. The van der Waals surface area contributed by atoms with E-state index < -0.39 is 0 Å². The lowest BCUT2D eigenvalue weighted by atomic mass is 9.97. The number of thiocarbonyl (C=S) groups is 1. The third-order valence-corrected chi connectivity index (χ3v) is 4.37. The van der Waals surface area contributed by atoms with E-state index in [1.54, 1.807) is 0 Å². The molecule has 0 radical (unpaired) electrons. The Morgan fingerprint density at radius 1 is 1.12 bits per heavy atom. The van der Waals surface area contributed by atoms with Gasteiger partial charge in [0.15, 0.2) is 16.6 Å². The van der Waals surface area contributed by atoms with Crippen LogP contribution in [-0.2, 0) is 6.42 Å². The summed E-state index contributed by atoms with van der Waals surface area (Å²) in [6.07, 6.45) is 2.16. The van der Waals surface area contributed by atoms with Gasteiger partial charge in [0.2, 0.25) is 6.79 Å². The highest BCUT2D eigenvalue weighted by Gasteiger charge is 2.14. The van der Waals surface area contributed by atoms with Crippen molar-refractivity contribution in [3.8, 4) is 11.5 Å². The Morgan fingerprint density at radius 2 is 1.92 bits per heavy atom. The van der Waals surface area contributed by atoms with E-state index >= 15 is 0 Å².